The molecule has 1 saturated carbocycles. The Balaban J connectivity index is 2.34. The second-order valence-electron chi connectivity index (χ2n) is 6.48. The highest BCUT2D eigenvalue weighted by Crippen LogP contribution is 2.51. The second kappa shape index (κ2) is 5.25. The van der Waals surface area contributed by atoms with E-state index >= 15 is 0 Å². The van der Waals surface area contributed by atoms with Crippen molar-refractivity contribution >= 4 is 11.6 Å². The van der Waals surface area contributed by atoms with Gasteiger partial charge in [0.25, 0.3) is 0 Å². The summed E-state index contributed by atoms with van der Waals surface area (Å²) in [6.07, 6.45) is 1.29. The van der Waals surface area contributed by atoms with Crippen molar-refractivity contribution in [3.8, 4) is 0 Å². The van der Waals surface area contributed by atoms with Crippen molar-refractivity contribution in [2.75, 3.05) is 0 Å². The Hall–Kier alpha value is -0.490. The number of benzene rings is 1. The van der Waals surface area contributed by atoms with Crippen molar-refractivity contribution in [2.45, 2.75) is 58.3 Å². The molecule has 2 rings (SSSR count). The summed E-state index contributed by atoms with van der Waals surface area (Å²) in [5, 5.41) is 0.207. The monoisotopic (exact) mass is 264 g/mol. The van der Waals surface area contributed by atoms with Gasteiger partial charge < -0.3 is 0 Å². The highest BCUT2D eigenvalue weighted by Gasteiger charge is 2.40. The Morgan fingerprint density at radius 1 is 1.06 bits per heavy atom. The lowest BCUT2D eigenvalue weighted by Crippen LogP contribution is -2.03. The lowest BCUT2D eigenvalue weighted by atomic mass is 9.89. The first-order valence-corrected chi connectivity index (χ1v) is 7.63. The van der Waals surface area contributed by atoms with Gasteiger partial charge in [-0.15, -0.1) is 11.6 Å². The molecule has 0 spiro atoms. The highest BCUT2D eigenvalue weighted by molar-refractivity contribution is 6.21. The Labute approximate surface area is 117 Å². The standard InChI is InChI=1S/C17H25Cl/c1-10(2)13-6-7-14(15(9-13)11(3)4)17(18)16-8-12(16)5/h6-7,9-12,16-17H,8H2,1-5H3. The van der Waals surface area contributed by atoms with Gasteiger partial charge in [-0.25, -0.2) is 0 Å². The van der Waals surface area contributed by atoms with E-state index in [2.05, 4.69) is 52.8 Å². The van der Waals surface area contributed by atoms with Crippen LogP contribution >= 0.6 is 11.6 Å². The first kappa shape index (κ1) is 13.9. The average molecular weight is 265 g/mol. The highest BCUT2D eigenvalue weighted by atomic mass is 35.5. The fourth-order valence-electron chi connectivity index (χ4n) is 2.69. The molecule has 3 unspecified atom stereocenters. The van der Waals surface area contributed by atoms with Gasteiger partial charge in [0.15, 0.2) is 0 Å². The normalized spacial score (nSPS) is 24.7. The molecule has 1 aromatic rings. The average Bonchev–Trinajstić information content (AvgIpc) is 3.04. The summed E-state index contributed by atoms with van der Waals surface area (Å²) in [6, 6.07) is 6.90. The van der Waals surface area contributed by atoms with E-state index in [4.69, 9.17) is 11.6 Å². The maximum atomic E-state index is 6.68. The van der Waals surface area contributed by atoms with Gasteiger partial charge in [-0.05, 0) is 46.8 Å². The minimum atomic E-state index is 0.207. The Morgan fingerprint density at radius 3 is 2.11 bits per heavy atom. The Bertz CT molecular complexity index is 420. The van der Waals surface area contributed by atoms with E-state index in [1.807, 2.05) is 0 Å². The molecule has 18 heavy (non-hydrogen) atoms. The van der Waals surface area contributed by atoms with Crippen molar-refractivity contribution in [1.82, 2.24) is 0 Å². The van der Waals surface area contributed by atoms with Crippen LogP contribution < -0.4 is 0 Å². The van der Waals surface area contributed by atoms with Gasteiger partial charge in [0.1, 0.15) is 0 Å². The predicted octanol–water partition coefficient (Wildman–Crippen LogP) is 5.87. The third-order valence-electron chi connectivity index (χ3n) is 4.24. The number of alkyl halides is 1. The fraction of sp³-hybridized carbons (Fsp3) is 0.647. The van der Waals surface area contributed by atoms with Crippen molar-refractivity contribution in [2.24, 2.45) is 11.8 Å². The van der Waals surface area contributed by atoms with Gasteiger partial charge in [-0.3, -0.25) is 0 Å². The maximum Gasteiger partial charge on any atom is 0.0618 e. The third kappa shape index (κ3) is 2.74. The molecule has 0 radical (unpaired) electrons. The smallest absolute Gasteiger partial charge is 0.0618 e. The maximum absolute atomic E-state index is 6.68. The van der Waals surface area contributed by atoms with Crippen molar-refractivity contribution in [1.29, 1.82) is 0 Å². The summed E-state index contributed by atoms with van der Waals surface area (Å²) in [5.74, 6) is 2.63. The van der Waals surface area contributed by atoms with Crippen LogP contribution in [0.25, 0.3) is 0 Å². The fourth-order valence-corrected chi connectivity index (χ4v) is 3.24. The molecule has 1 heteroatoms. The lowest BCUT2D eigenvalue weighted by molar-refractivity contribution is 0.703. The molecule has 0 amide bonds. The van der Waals surface area contributed by atoms with Gasteiger partial charge in [0.05, 0.1) is 5.38 Å². The molecule has 1 aliphatic rings. The van der Waals surface area contributed by atoms with Crippen molar-refractivity contribution < 1.29 is 0 Å². The van der Waals surface area contributed by atoms with Gasteiger partial charge in [-0.1, -0.05) is 52.8 Å². The van der Waals surface area contributed by atoms with Crippen LogP contribution in [0.5, 0.6) is 0 Å². The van der Waals surface area contributed by atoms with Crippen molar-refractivity contribution in [3.63, 3.8) is 0 Å². The summed E-state index contributed by atoms with van der Waals surface area (Å²) in [7, 11) is 0. The largest absolute Gasteiger partial charge is 0.118 e. The van der Waals surface area contributed by atoms with Crippen LogP contribution in [-0.4, -0.2) is 0 Å². The van der Waals surface area contributed by atoms with Gasteiger partial charge in [-0.2, -0.15) is 0 Å². The van der Waals surface area contributed by atoms with Crippen LogP contribution in [0.15, 0.2) is 18.2 Å². The molecule has 1 aromatic carbocycles. The van der Waals surface area contributed by atoms with Crippen LogP contribution in [-0.2, 0) is 0 Å². The van der Waals surface area contributed by atoms with Crippen LogP contribution in [0.3, 0.4) is 0 Å². The zero-order valence-corrected chi connectivity index (χ0v) is 13.0. The number of halogens is 1. The van der Waals surface area contributed by atoms with Crippen LogP contribution in [0.2, 0.25) is 0 Å². The Morgan fingerprint density at radius 2 is 1.67 bits per heavy atom. The molecule has 0 aromatic heterocycles. The van der Waals surface area contributed by atoms with Crippen LogP contribution in [0, 0.1) is 11.8 Å². The molecule has 0 bridgehead atoms. The van der Waals surface area contributed by atoms with E-state index in [0.717, 1.165) is 5.92 Å². The number of hydrogen-bond acceptors (Lipinski definition) is 0. The van der Waals surface area contributed by atoms with Crippen LogP contribution in [0.4, 0.5) is 0 Å². The molecule has 0 aliphatic heterocycles. The van der Waals surface area contributed by atoms with Crippen molar-refractivity contribution in [3.05, 3.63) is 34.9 Å². The number of rotatable bonds is 4. The van der Waals surface area contributed by atoms with Crippen LogP contribution in [0.1, 0.15) is 74.9 Å². The molecular formula is C17H25Cl. The van der Waals surface area contributed by atoms with Gasteiger partial charge in [0.2, 0.25) is 0 Å². The summed E-state index contributed by atoms with van der Waals surface area (Å²) >= 11 is 6.68. The minimum absolute atomic E-state index is 0.207. The molecule has 0 saturated heterocycles. The van der Waals surface area contributed by atoms with E-state index in [1.54, 1.807) is 0 Å². The molecule has 0 heterocycles. The second-order valence-corrected chi connectivity index (χ2v) is 6.95. The van der Waals surface area contributed by atoms with E-state index in [0.29, 0.717) is 17.8 Å². The topological polar surface area (TPSA) is 0 Å². The summed E-state index contributed by atoms with van der Waals surface area (Å²) < 4.78 is 0. The summed E-state index contributed by atoms with van der Waals surface area (Å²) in [6.45, 7) is 11.3. The lowest BCUT2D eigenvalue weighted by Gasteiger charge is -2.20. The number of hydrogen-bond donors (Lipinski definition) is 0. The minimum Gasteiger partial charge on any atom is -0.118 e. The molecular weight excluding hydrogens is 240 g/mol. The third-order valence-corrected chi connectivity index (χ3v) is 4.80. The SMILES string of the molecule is CC(C)c1ccc(C(Cl)C2CC2C)c(C(C)C)c1. The van der Waals surface area contributed by atoms with Gasteiger partial charge >= 0.3 is 0 Å². The first-order chi connectivity index (χ1) is 8.41. The Kier molecular flexibility index (Phi) is 4.06. The molecule has 3 atom stereocenters. The molecule has 100 valence electrons. The first-order valence-electron chi connectivity index (χ1n) is 7.19. The zero-order chi connectivity index (χ0) is 13.4. The molecule has 0 nitrogen and oxygen atoms in total. The van der Waals surface area contributed by atoms with E-state index in [-0.39, 0.29) is 5.38 Å². The molecule has 1 aliphatic carbocycles. The van der Waals surface area contributed by atoms with Gasteiger partial charge in [0, 0.05) is 0 Å². The molecule has 0 N–H and O–H groups in total. The quantitative estimate of drug-likeness (QED) is 0.597. The van der Waals surface area contributed by atoms with E-state index < -0.39 is 0 Å². The van der Waals surface area contributed by atoms with E-state index in [9.17, 15) is 0 Å². The zero-order valence-electron chi connectivity index (χ0n) is 12.2. The van der Waals surface area contributed by atoms with E-state index in [1.165, 1.54) is 23.1 Å². The molecule has 1 fully saturated rings. The predicted molar refractivity (Wildman–Crippen MR) is 80.5 cm³/mol. The summed E-state index contributed by atoms with van der Waals surface area (Å²) in [4.78, 5) is 0. The summed E-state index contributed by atoms with van der Waals surface area (Å²) in [5.41, 5.74) is 4.24.